The average molecular weight is 234 g/mol. The van der Waals surface area contributed by atoms with Gasteiger partial charge in [0.15, 0.2) is 0 Å². The van der Waals surface area contributed by atoms with Crippen LogP contribution in [0.15, 0.2) is 0 Å². The van der Waals surface area contributed by atoms with Gasteiger partial charge < -0.3 is 15.4 Å². The molecule has 0 saturated heterocycles. The maximum absolute atomic E-state index is 5.58. The van der Waals surface area contributed by atoms with E-state index in [-0.39, 0.29) is 6.10 Å². The summed E-state index contributed by atoms with van der Waals surface area (Å²) in [4.78, 5) is 2.39. The minimum Gasteiger partial charge on any atom is -0.380 e. The standard InChI is InChI=1S/C11H26N2OS/c1-10(6-8-15-4)13(2)7-5-11(9-12)14-3/h10-11H,5-9,12H2,1-4H3. The van der Waals surface area contributed by atoms with Crippen LogP contribution in [0.3, 0.4) is 0 Å². The van der Waals surface area contributed by atoms with Crippen LogP contribution in [-0.2, 0) is 4.74 Å². The van der Waals surface area contributed by atoms with Crippen LogP contribution in [0.4, 0.5) is 0 Å². The molecule has 2 unspecified atom stereocenters. The van der Waals surface area contributed by atoms with Gasteiger partial charge in [-0.2, -0.15) is 11.8 Å². The minimum atomic E-state index is 0.209. The number of methoxy groups -OCH3 is 1. The largest absolute Gasteiger partial charge is 0.380 e. The lowest BCUT2D eigenvalue weighted by atomic mass is 10.2. The Kier molecular flexibility index (Phi) is 9.60. The molecule has 0 aromatic heterocycles. The fraction of sp³-hybridized carbons (Fsp3) is 1.00. The molecule has 0 amide bonds. The number of rotatable bonds is 9. The number of thioether (sulfide) groups is 1. The molecule has 0 aromatic carbocycles. The molecular formula is C11H26N2OS. The van der Waals surface area contributed by atoms with Gasteiger partial charge in [0, 0.05) is 26.2 Å². The highest BCUT2D eigenvalue weighted by Crippen LogP contribution is 2.07. The highest BCUT2D eigenvalue weighted by Gasteiger charge is 2.11. The lowest BCUT2D eigenvalue weighted by Crippen LogP contribution is -2.34. The van der Waals surface area contributed by atoms with Gasteiger partial charge in [-0.3, -0.25) is 0 Å². The third-order valence-corrected chi connectivity index (χ3v) is 3.54. The average Bonchev–Trinajstić information content (AvgIpc) is 2.26. The second kappa shape index (κ2) is 9.46. The fourth-order valence-corrected chi connectivity index (χ4v) is 1.99. The van der Waals surface area contributed by atoms with Crippen LogP contribution in [0, 0.1) is 0 Å². The van der Waals surface area contributed by atoms with Gasteiger partial charge in [-0.25, -0.2) is 0 Å². The Bertz CT molecular complexity index is 143. The monoisotopic (exact) mass is 234 g/mol. The molecule has 15 heavy (non-hydrogen) atoms. The fourth-order valence-electron chi connectivity index (χ4n) is 1.41. The van der Waals surface area contributed by atoms with Crippen LogP contribution in [0.5, 0.6) is 0 Å². The molecule has 0 aliphatic heterocycles. The lowest BCUT2D eigenvalue weighted by molar-refractivity contribution is 0.0880. The SMILES string of the molecule is COC(CN)CCN(C)C(C)CCSC. The molecule has 4 heteroatoms. The molecule has 0 aliphatic rings. The van der Waals surface area contributed by atoms with Crippen molar-refractivity contribution >= 4 is 11.8 Å². The van der Waals surface area contributed by atoms with Crippen LogP contribution in [0.25, 0.3) is 0 Å². The van der Waals surface area contributed by atoms with Crippen molar-refractivity contribution in [2.24, 2.45) is 5.73 Å². The molecule has 0 heterocycles. The van der Waals surface area contributed by atoms with E-state index in [4.69, 9.17) is 10.5 Å². The summed E-state index contributed by atoms with van der Waals surface area (Å²) in [5.41, 5.74) is 5.58. The molecule has 0 fully saturated rings. The van der Waals surface area contributed by atoms with Crippen LogP contribution >= 0.6 is 11.8 Å². The summed E-state index contributed by atoms with van der Waals surface area (Å²) in [5, 5.41) is 0. The first-order valence-corrected chi connectivity index (χ1v) is 6.97. The molecule has 3 nitrogen and oxygen atoms in total. The molecule has 0 radical (unpaired) electrons. The van der Waals surface area contributed by atoms with Crippen molar-refractivity contribution in [3.63, 3.8) is 0 Å². The lowest BCUT2D eigenvalue weighted by Gasteiger charge is -2.26. The smallest absolute Gasteiger partial charge is 0.0705 e. The summed E-state index contributed by atoms with van der Waals surface area (Å²) in [6.45, 7) is 3.95. The van der Waals surface area contributed by atoms with Crippen LogP contribution < -0.4 is 5.73 Å². The maximum Gasteiger partial charge on any atom is 0.0705 e. The summed E-state index contributed by atoms with van der Waals surface area (Å²) >= 11 is 1.91. The molecule has 0 bridgehead atoms. The third kappa shape index (κ3) is 7.17. The molecule has 2 N–H and O–H groups in total. The van der Waals surface area contributed by atoms with Gasteiger partial charge in [-0.15, -0.1) is 0 Å². The van der Waals surface area contributed by atoms with Gasteiger partial charge in [0.05, 0.1) is 6.10 Å². The Morgan fingerprint density at radius 3 is 2.53 bits per heavy atom. The van der Waals surface area contributed by atoms with Crippen molar-refractivity contribution in [2.45, 2.75) is 31.9 Å². The van der Waals surface area contributed by atoms with Crippen LogP contribution in [0.1, 0.15) is 19.8 Å². The van der Waals surface area contributed by atoms with E-state index in [0.717, 1.165) is 13.0 Å². The van der Waals surface area contributed by atoms with E-state index in [0.29, 0.717) is 12.6 Å². The Hall–Kier alpha value is 0.230. The van der Waals surface area contributed by atoms with Crippen molar-refractivity contribution in [1.82, 2.24) is 4.90 Å². The van der Waals surface area contributed by atoms with Crippen molar-refractivity contribution in [2.75, 3.05) is 39.3 Å². The van der Waals surface area contributed by atoms with Gasteiger partial charge in [0.2, 0.25) is 0 Å². The van der Waals surface area contributed by atoms with Crippen molar-refractivity contribution in [3.05, 3.63) is 0 Å². The van der Waals surface area contributed by atoms with Gasteiger partial charge in [-0.1, -0.05) is 0 Å². The number of nitrogens with zero attached hydrogens (tertiary/aromatic N) is 1. The van der Waals surface area contributed by atoms with E-state index in [2.05, 4.69) is 25.1 Å². The second-order valence-corrected chi connectivity index (χ2v) is 4.98. The minimum absolute atomic E-state index is 0.209. The highest BCUT2D eigenvalue weighted by atomic mass is 32.2. The van der Waals surface area contributed by atoms with Crippen molar-refractivity contribution in [1.29, 1.82) is 0 Å². The highest BCUT2D eigenvalue weighted by molar-refractivity contribution is 7.98. The van der Waals surface area contributed by atoms with E-state index >= 15 is 0 Å². The zero-order valence-electron chi connectivity index (χ0n) is 10.5. The molecule has 2 atom stereocenters. The van der Waals surface area contributed by atoms with E-state index in [1.165, 1.54) is 12.2 Å². The Balaban J connectivity index is 3.66. The zero-order chi connectivity index (χ0) is 11.7. The first-order valence-electron chi connectivity index (χ1n) is 5.57. The Morgan fingerprint density at radius 1 is 1.40 bits per heavy atom. The summed E-state index contributed by atoms with van der Waals surface area (Å²) in [5.74, 6) is 1.23. The summed E-state index contributed by atoms with van der Waals surface area (Å²) in [7, 11) is 3.91. The van der Waals surface area contributed by atoms with Crippen LogP contribution in [-0.4, -0.2) is 56.3 Å². The van der Waals surface area contributed by atoms with Crippen molar-refractivity contribution in [3.8, 4) is 0 Å². The molecular weight excluding hydrogens is 208 g/mol. The number of hydrogen-bond donors (Lipinski definition) is 1. The molecule has 0 aromatic rings. The number of hydrogen-bond acceptors (Lipinski definition) is 4. The maximum atomic E-state index is 5.58. The molecule has 0 spiro atoms. The summed E-state index contributed by atoms with van der Waals surface area (Å²) in [6.07, 6.45) is 4.63. The first-order chi connectivity index (χ1) is 7.15. The normalized spacial score (nSPS) is 15.6. The predicted octanol–water partition coefficient (Wildman–Crippen LogP) is 1.42. The van der Waals surface area contributed by atoms with E-state index in [1.807, 2.05) is 11.8 Å². The van der Waals surface area contributed by atoms with Gasteiger partial charge in [-0.05, 0) is 38.8 Å². The molecule has 92 valence electrons. The summed E-state index contributed by atoms with van der Waals surface area (Å²) < 4.78 is 5.25. The van der Waals surface area contributed by atoms with Crippen molar-refractivity contribution < 1.29 is 4.74 Å². The molecule has 0 saturated carbocycles. The van der Waals surface area contributed by atoms with Gasteiger partial charge >= 0.3 is 0 Å². The topological polar surface area (TPSA) is 38.5 Å². The Labute approximate surface area is 98.7 Å². The van der Waals surface area contributed by atoms with E-state index in [9.17, 15) is 0 Å². The quantitative estimate of drug-likeness (QED) is 0.655. The Morgan fingerprint density at radius 2 is 2.07 bits per heavy atom. The number of ether oxygens (including phenoxy) is 1. The third-order valence-electron chi connectivity index (χ3n) is 2.89. The van der Waals surface area contributed by atoms with Gasteiger partial charge in [0.1, 0.15) is 0 Å². The predicted molar refractivity (Wildman–Crippen MR) is 69.6 cm³/mol. The summed E-state index contributed by atoms with van der Waals surface area (Å²) in [6, 6.07) is 0.646. The van der Waals surface area contributed by atoms with Gasteiger partial charge in [0.25, 0.3) is 0 Å². The second-order valence-electron chi connectivity index (χ2n) is 3.99. The van der Waals surface area contributed by atoms with Crippen LogP contribution in [0.2, 0.25) is 0 Å². The van der Waals surface area contributed by atoms with E-state index < -0.39 is 0 Å². The molecule has 0 rings (SSSR count). The number of nitrogens with two attached hydrogens (primary N) is 1. The van der Waals surface area contributed by atoms with E-state index in [1.54, 1.807) is 7.11 Å². The first kappa shape index (κ1) is 15.2. The zero-order valence-corrected chi connectivity index (χ0v) is 11.3. The molecule has 0 aliphatic carbocycles.